The van der Waals surface area contributed by atoms with E-state index in [0.29, 0.717) is 0 Å². The molecule has 2 aromatic heterocycles. The number of nitrogens with one attached hydrogen (secondary N) is 1. The molecule has 1 unspecified atom stereocenters. The third-order valence-electron chi connectivity index (χ3n) is 10.1. The van der Waals surface area contributed by atoms with Crippen LogP contribution in [-0.4, -0.2) is 20.8 Å². The molecule has 1 N–H and O–H groups in total. The van der Waals surface area contributed by atoms with Gasteiger partial charge in [0, 0.05) is 44.0 Å². The summed E-state index contributed by atoms with van der Waals surface area (Å²) in [6.45, 7) is 13.4. The molecule has 0 spiro atoms. The van der Waals surface area contributed by atoms with Gasteiger partial charge in [0.05, 0.1) is 22.1 Å². The Hall–Kier alpha value is -7.24. The molecule has 10 rings (SSSR count). The predicted octanol–water partition coefficient (Wildman–Crippen LogP) is 14.2. The van der Waals surface area contributed by atoms with Gasteiger partial charge < -0.3 is 14.5 Å². The molecular weight excluding hydrogens is 719 g/mol. The highest BCUT2D eigenvalue weighted by molar-refractivity contribution is 6.16. The van der Waals surface area contributed by atoms with Crippen LogP contribution in [0.15, 0.2) is 211 Å². The summed E-state index contributed by atoms with van der Waals surface area (Å²) < 4.78 is 4.67. The first kappa shape index (κ1) is 40.0. The summed E-state index contributed by atoms with van der Waals surface area (Å²) in [5.74, 6) is 1.60. The highest BCUT2D eigenvalue weighted by atomic mass is 15.2. The minimum absolute atomic E-state index is 0.398. The molecule has 0 bridgehead atoms. The maximum atomic E-state index is 5.19. The summed E-state index contributed by atoms with van der Waals surface area (Å²) >= 11 is 0. The quantitative estimate of drug-likeness (QED) is 0.168. The Morgan fingerprint density at radius 2 is 0.814 bits per heavy atom. The smallest absolute Gasteiger partial charge is 0.169 e. The van der Waals surface area contributed by atoms with E-state index in [1.807, 2.05) is 65.0 Å². The second kappa shape index (κ2) is 18.8. The Kier molecular flexibility index (Phi) is 12.7. The minimum atomic E-state index is -0.398. The molecule has 0 fully saturated rings. The maximum absolute atomic E-state index is 5.19. The third kappa shape index (κ3) is 8.01. The van der Waals surface area contributed by atoms with Crippen molar-refractivity contribution in [2.45, 2.75) is 40.8 Å². The van der Waals surface area contributed by atoms with Crippen molar-refractivity contribution in [3.8, 4) is 11.4 Å². The monoisotopic (exact) mass is 769 g/mol. The lowest BCUT2D eigenvalue weighted by Crippen LogP contribution is -2.36. The van der Waals surface area contributed by atoms with E-state index in [2.05, 4.69) is 179 Å². The van der Waals surface area contributed by atoms with Gasteiger partial charge in [-0.3, -0.25) is 0 Å². The molecule has 0 saturated heterocycles. The van der Waals surface area contributed by atoms with Crippen LogP contribution in [0.3, 0.4) is 0 Å². The fourth-order valence-electron chi connectivity index (χ4n) is 7.59. The lowest BCUT2D eigenvalue weighted by molar-refractivity contribution is 0.755. The van der Waals surface area contributed by atoms with Gasteiger partial charge in [-0.1, -0.05) is 168 Å². The molecule has 0 amide bonds. The maximum Gasteiger partial charge on any atom is 0.169 e. The van der Waals surface area contributed by atoms with E-state index in [-0.39, 0.29) is 0 Å². The van der Waals surface area contributed by atoms with Crippen LogP contribution >= 0.6 is 0 Å². The van der Waals surface area contributed by atoms with Crippen molar-refractivity contribution in [3.63, 3.8) is 0 Å². The number of benzene rings is 7. The number of aliphatic imine (C=N–C) groups is 2. The number of nitrogens with zero attached hydrogens (tertiary/aromatic N) is 4. The van der Waals surface area contributed by atoms with E-state index in [0.717, 1.165) is 39.7 Å². The molecule has 9 aromatic rings. The summed E-state index contributed by atoms with van der Waals surface area (Å²) in [5, 5.41) is 8.57. The van der Waals surface area contributed by atoms with Gasteiger partial charge in [-0.15, -0.1) is 0 Å². The van der Waals surface area contributed by atoms with Gasteiger partial charge in [-0.25, -0.2) is 9.98 Å². The number of para-hydroxylation sites is 4. The Bertz CT molecular complexity index is 2800. The molecule has 7 aromatic carbocycles. The molecule has 0 radical (unpaired) electrons. The van der Waals surface area contributed by atoms with Gasteiger partial charge in [-0.05, 0) is 73.2 Å². The second-order valence-electron chi connectivity index (χ2n) is 13.5. The summed E-state index contributed by atoms with van der Waals surface area (Å²) in [6.07, 6.45) is 5.18. The van der Waals surface area contributed by atoms with Gasteiger partial charge in [0.2, 0.25) is 0 Å². The zero-order valence-corrected chi connectivity index (χ0v) is 34.5. The predicted molar refractivity (Wildman–Crippen MR) is 255 cm³/mol. The number of hydrogen-bond donors (Lipinski definition) is 1. The Morgan fingerprint density at radius 1 is 0.458 bits per heavy atom. The minimum Gasteiger partial charge on any atom is -0.324 e. The first-order chi connectivity index (χ1) is 29.2. The lowest BCUT2D eigenvalue weighted by Gasteiger charge is -2.23. The van der Waals surface area contributed by atoms with Gasteiger partial charge in [-0.2, -0.15) is 0 Å². The van der Waals surface area contributed by atoms with Crippen LogP contribution in [0.2, 0.25) is 0 Å². The lowest BCUT2D eigenvalue weighted by atomic mass is 10.1. The SMILES string of the molecule is C=C/C=C\C.CC.CC.c1ccc(C2=NC(c3ccc(-n4c5ccccc5c5ccccc54)cc3)N=C(c3ccc(-n4c5ccccc5c5ccccc54)cc3)N2)cc1. The van der Waals surface area contributed by atoms with Crippen LogP contribution in [0.25, 0.3) is 55.0 Å². The van der Waals surface area contributed by atoms with E-state index in [9.17, 15) is 0 Å². The van der Waals surface area contributed by atoms with Gasteiger partial charge in [0.25, 0.3) is 0 Å². The van der Waals surface area contributed by atoms with E-state index >= 15 is 0 Å². The molecule has 59 heavy (non-hydrogen) atoms. The molecular formula is C54H51N5. The van der Waals surface area contributed by atoms with Crippen molar-refractivity contribution in [1.29, 1.82) is 0 Å². The van der Waals surface area contributed by atoms with Crippen LogP contribution in [0.4, 0.5) is 0 Å². The summed E-state index contributed by atoms with van der Waals surface area (Å²) in [6, 6.07) is 62.0. The highest BCUT2D eigenvalue weighted by Gasteiger charge is 2.22. The number of hydrogen-bond acceptors (Lipinski definition) is 3. The number of aromatic nitrogens is 2. The fraction of sp³-hybridized carbons (Fsp3) is 0.111. The molecule has 5 nitrogen and oxygen atoms in total. The Labute approximate surface area is 348 Å². The molecule has 0 aliphatic carbocycles. The Balaban J connectivity index is 0.000000542. The third-order valence-corrected chi connectivity index (χ3v) is 10.1. The topological polar surface area (TPSA) is 46.6 Å². The van der Waals surface area contributed by atoms with Crippen LogP contribution in [0.1, 0.15) is 57.5 Å². The van der Waals surface area contributed by atoms with Gasteiger partial charge in [0.15, 0.2) is 6.17 Å². The van der Waals surface area contributed by atoms with Crippen molar-refractivity contribution in [1.82, 2.24) is 14.5 Å². The summed E-state index contributed by atoms with van der Waals surface area (Å²) in [7, 11) is 0. The van der Waals surface area contributed by atoms with Crippen molar-refractivity contribution in [2.24, 2.45) is 9.98 Å². The standard InChI is InChI=1S/C45H31N5.C5H8.2C2H6/c1-2-12-30(13-3-1)43-46-44(31-22-26-33(27-23-31)49-39-18-8-4-14-35(39)36-15-5-9-19-40(36)49)48-45(47-43)32-24-28-34(29-25-32)50-41-20-10-6-16-37(41)38-17-7-11-21-42(38)50;1-3-5-4-2;2*1-2/h1-29,44H,(H,46,47,48);3-5H,1H2,2H3;2*1-2H3/b;5-4-;;. The normalized spacial score (nSPS) is 13.3. The molecule has 0 saturated carbocycles. The first-order valence-electron chi connectivity index (χ1n) is 20.6. The van der Waals surface area contributed by atoms with E-state index in [1.165, 1.54) is 43.6 Å². The van der Waals surface area contributed by atoms with Gasteiger partial charge >= 0.3 is 0 Å². The second-order valence-corrected chi connectivity index (χ2v) is 13.5. The molecule has 3 heterocycles. The average molecular weight is 770 g/mol. The molecule has 5 heteroatoms. The molecule has 1 aliphatic heterocycles. The average Bonchev–Trinajstić information content (AvgIpc) is 3.84. The van der Waals surface area contributed by atoms with E-state index in [4.69, 9.17) is 9.98 Å². The number of amidine groups is 2. The summed E-state index contributed by atoms with van der Waals surface area (Å²) in [5.41, 5.74) is 10.0. The van der Waals surface area contributed by atoms with Crippen molar-refractivity contribution in [2.75, 3.05) is 0 Å². The number of rotatable bonds is 6. The number of fused-ring (bicyclic) bond motifs is 6. The zero-order chi connectivity index (χ0) is 41.1. The Morgan fingerprint density at radius 3 is 1.19 bits per heavy atom. The van der Waals surface area contributed by atoms with E-state index in [1.54, 1.807) is 6.08 Å². The van der Waals surface area contributed by atoms with Crippen LogP contribution in [-0.2, 0) is 0 Å². The molecule has 1 aliphatic rings. The van der Waals surface area contributed by atoms with E-state index < -0.39 is 6.17 Å². The van der Waals surface area contributed by atoms with Crippen LogP contribution < -0.4 is 5.32 Å². The van der Waals surface area contributed by atoms with Crippen LogP contribution in [0.5, 0.6) is 0 Å². The summed E-state index contributed by atoms with van der Waals surface area (Å²) in [4.78, 5) is 10.3. The number of allylic oxidation sites excluding steroid dienone is 3. The zero-order valence-electron chi connectivity index (χ0n) is 34.5. The fourth-order valence-corrected chi connectivity index (χ4v) is 7.59. The van der Waals surface area contributed by atoms with Crippen molar-refractivity contribution in [3.05, 3.63) is 217 Å². The molecule has 292 valence electrons. The first-order valence-corrected chi connectivity index (χ1v) is 20.6. The van der Waals surface area contributed by atoms with Crippen LogP contribution in [0, 0.1) is 0 Å². The van der Waals surface area contributed by atoms with Gasteiger partial charge in [0.1, 0.15) is 11.7 Å². The highest BCUT2D eigenvalue weighted by Crippen LogP contribution is 2.34. The van der Waals surface area contributed by atoms with Crippen molar-refractivity contribution < 1.29 is 0 Å². The van der Waals surface area contributed by atoms with Crippen molar-refractivity contribution >= 4 is 55.3 Å². The largest absolute Gasteiger partial charge is 0.324 e. The molecule has 1 atom stereocenters.